The van der Waals surface area contributed by atoms with Crippen LogP contribution in [0.5, 0.6) is 5.75 Å². The first-order valence-corrected chi connectivity index (χ1v) is 10.5. The molecule has 1 unspecified atom stereocenters. The number of aromatic nitrogens is 2. The van der Waals surface area contributed by atoms with Crippen LogP contribution in [-0.4, -0.2) is 53.4 Å². The summed E-state index contributed by atoms with van der Waals surface area (Å²) in [5, 5.41) is 6.52. The SMILES string of the molecule is CCNC(=O)C(C)Oc1cc(F)ccc1Nc1ncnc2sc(C(=O)N(C)C)c(C)c12. The van der Waals surface area contributed by atoms with Crippen molar-refractivity contribution in [3.05, 3.63) is 40.8 Å². The molecular formula is C21H24FN5O3S. The van der Waals surface area contributed by atoms with E-state index in [0.29, 0.717) is 33.1 Å². The molecule has 10 heteroatoms. The van der Waals surface area contributed by atoms with E-state index in [0.717, 1.165) is 5.56 Å². The Bertz CT molecular complexity index is 1130. The van der Waals surface area contributed by atoms with Crippen LogP contribution in [0.3, 0.4) is 0 Å². The molecule has 1 aromatic carbocycles. The van der Waals surface area contributed by atoms with Crippen molar-refractivity contribution < 1.29 is 18.7 Å². The second kappa shape index (κ2) is 9.25. The lowest BCUT2D eigenvalue weighted by Gasteiger charge is -2.18. The molecular weight excluding hydrogens is 421 g/mol. The van der Waals surface area contributed by atoms with Gasteiger partial charge in [-0.2, -0.15) is 0 Å². The van der Waals surface area contributed by atoms with Crippen molar-refractivity contribution in [2.45, 2.75) is 26.9 Å². The van der Waals surface area contributed by atoms with Gasteiger partial charge in [0.25, 0.3) is 11.8 Å². The van der Waals surface area contributed by atoms with Crippen LogP contribution in [0.4, 0.5) is 15.9 Å². The van der Waals surface area contributed by atoms with Gasteiger partial charge in [0.15, 0.2) is 6.10 Å². The first-order valence-electron chi connectivity index (χ1n) is 9.69. The number of aryl methyl sites for hydroxylation is 1. The van der Waals surface area contributed by atoms with E-state index in [2.05, 4.69) is 20.6 Å². The fourth-order valence-electron chi connectivity index (χ4n) is 2.96. The number of nitrogens with one attached hydrogen (secondary N) is 2. The van der Waals surface area contributed by atoms with E-state index >= 15 is 0 Å². The van der Waals surface area contributed by atoms with Gasteiger partial charge in [-0.15, -0.1) is 11.3 Å². The Kier molecular flexibility index (Phi) is 6.69. The van der Waals surface area contributed by atoms with Crippen molar-refractivity contribution in [1.29, 1.82) is 0 Å². The minimum Gasteiger partial charge on any atom is -0.479 e. The van der Waals surface area contributed by atoms with E-state index in [9.17, 15) is 14.0 Å². The Balaban J connectivity index is 1.99. The second-order valence-electron chi connectivity index (χ2n) is 7.08. The fraction of sp³-hybridized carbons (Fsp3) is 0.333. The molecule has 0 bridgehead atoms. The maximum Gasteiger partial charge on any atom is 0.263 e. The smallest absolute Gasteiger partial charge is 0.263 e. The number of halogens is 1. The predicted molar refractivity (Wildman–Crippen MR) is 119 cm³/mol. The lowest BCUT2D eigenvalue weighted by Crippen LogP contribution is -2.36. The monoisotopic (exact) mass is 445 g/mol. The molecule has 0 aliphatic heterocycles. The Morgan fingerprint density at radius 3 is 2.71 bits per heavy atom. The van der Waals surface area contributed by atoms with Crippen LogP contribution in [0.1, 0.15) is 29.1 Å². The molecule has 0 saturated heterocycles. The zero-order valence-electron chi connectivity index (χ0n) is 17.9. The van der Waals surface area contributed by atoms with Crippen molar-refractivity contribution >= 4 is 44.9 Å². The third-order valence-corrected chi connectivity index (χ3v) is 5.74. The minimum atomic E-state index is -0.820. The number of benzene rings is 1. The number of amides is 2. The first kappa shape index (κ1) is 22.4. The van der Waals surface area contributed by atoms with Crippen molar-refractivity contribution in [2.75, 3.05) is 26.0 Å². The van der Waals surface area contributed by atoms with Gasteiger partial charge in [0.1, 0.15) is 28.5 Å². The highest BCUT2D eigenvalue weighted by atomic mass is 32.1. The molecule has 2 aromatic heterocycles. The van der Waals surface area contributed by atoms with Gasteiger partial charge in [-0.3, -0.25) is 9.59 Å². The van der Waals surface area contributed by atoms with Gasteiger partial charge in [-0.25, -0.2) is 14.4 Å². The summed E-state index contributed by atoms with van der Waals surface area (Å²) in [6.45, 7) is 5.69. The second-order valence-corrected chi connectivity index (χ2v) is 8.08. The highest BCUT2D eigenvalue weighted by Crippen LogP contribution is 2.37. The van der Waals surface area contributed by atoms with E-state index in [-0.39, 0.29) is 17.6 Å². The van der Waals surface area contributed by atoms with Gasteiger partial charge in [0.2, 0.25) is 0 Å². The van der Waals surface area contributed by atoms with Crippen molar-refractivity contribution in [2.24, 2.45) is 0 Å². The maximum atomic E-state index is 13.9. The molecule has 3 aromatic rings. The summed E-state index contributed by atoms with van der Waals surface area (Å²) in [6, 6.07) is 4.00. The highest BCUT2D eigenvalue weighted by Gasteiger charge is 2.22. The van der Waals surface area contributed by atoms with Crippen LogP contribution in [-0.2, 0) is 4.79 Å². The van der Waals surface area contributed by atoms with Crippen molar-refractivity contribution in [3.8, 4) is 5.75 Å². The number of carbonyl (C=O) groups is 2. The van der Waals surface area contributed by atoms with Crippen LogP contribution in [0, 0.1) is 12.7 Å². The van der Waals surface area contributed by atoms with Gasteiger partial charge in [0.05, 0.1) is 16.0 Å². The first-order chi connectivity index (χ1) is 14.7. The molecule has 31 heavy (non-hydrogen) atoms. The lowest BCUT2D eigenvalue weighted by molar-refractivity contribution is -0.127. The van der Waals surface area contributed by atoms with Gasteiger partial charge < -0.3 is 20.3 Å². The summed E-state index contributed by atoms with van der Waals surface area (Å²) < 4.78 is 19.6. The Labute approximate surface area is 183 Å². The van der Waals surface area contributed by atoms with Crippen LogP contribution >= 0.6 is 11.3 Å². The molecule has 0 fully saturated rings. The molecule has 3 rings (SSSR count). The number of anilines is 2. The number of rotatable bonds is 7. The van der Waals surface area contributed by atoms with Crippen molar-refractivity contribution in [3.63, 3.8) is 0 Å². The topological polar surface area (TPSA) is 96.5 Å². The van der Waals surface area contributed by atoms with E-state index < -0.39 is 11.9 Å². The molecule has 2 heterocycles. The van der Waals surface area contributed by atoms with Gasteiger partial charge in [0, 0.05) is 26.7 Å². The summed E-state index contributed by atoms with van der Waals surface area (Å²) in [6.07, 6.45) is 0.575. The molecule has 8 nitrogen and oxygen atoms in total. The maximum absolute atomic E-state index is 13.9. The predicted octanol–water partition coefficient (Wildman–Crippen LogP) is 3.49. The summed E-state index contributed by atoms with van der Waals surface area (Å²) >= 11 is 1.29. The number of hydrogen-bond acceptors (Lipinski definition) is 7. The molecule has 0 spiro atoms. The quantitative estimate of drug-likeness (QED) is 0.578. The standard InChI is InChI=1S/C21H24FN5O3S/c1-6-23-19(28)12(3)30-15-9-13(22)7-8-14(15)26-18-16-11(2)17(21(29)27(4)5)31-20(16)25-10-24-18/h7-10,12H,6H2,1-5H3,(H,23,28)(H,24,25,26). The Morgan fingerprint density at radius 2 is 2.03 bits per heavy atom. The third-order valence-electron chi connectivity index (χ3n) is 4.55. The number of thiophene rings is 1. The van der Waals surface area contributed by atoms with E-state index in [1.807, 2.05) is 6.92 Å². The van der Waals surface area contributed by atoms with E-state index in [4.69, 9.17) is 4.74 Å². The van der Waals surface area contributed by atoms with Crippen molar-refractivity contribution in [1.82, 2.24) is 20.2 Å². The minimum absolute atomic E-state index is 0.118. The number of carbonyl (C=O) groups excluding carboxylic acids is 2. The summed E-state index contributed by atoms with van der Waals surface area (Å²) in [7, 11) is 3.38. The molecule has 0 aliphatic carbocycles. The fourth-order valence-corrected chi connectivity index (χ4v) is 4.13. The van der Waals surface area contributed by atoms with Crippen LogP contribution in [0.2, 0.25) is 0 Å². The molecule has 1 atom stereocenters. The number of ether oxygens (including phenoxy) is 1. The molecule has 0 radical (unpaired) electrons. The highest BCUT2D eigenvalue weighted by molar-refractivity contribution is 7.20. The zero-order chi connectivity index (χ0) is 22.7. The van der Waals surface area contributed by atoms with E-state index in [1.165, 1.54) is 40.8 Å². The van der Waals surface area contributed by atoms with E-state index in [1.54, 1.807) is 27.9 Å². The molecule has 2 N–H and O–H groups in total. The summed E-state index contributed by atoms with van der Waals surface area (Å²) in [4.78, 5) is 35.9. The molecule has 2 amide bonds. The van der Waals surface area contributed by atoms with Crippen LogP contribution in [0.25, 0.3) is 10.2 Å². The van der Waals surface area contributed by atoms with Crippen LogP contribution < -0.4 is 15.4 Å². The van der Waals surface area contributed by atoms with Gasteiger partial charge in [-0.1, -0.05) is 0 Å². The number of nitrogens with zero attached hydrogens (tertiary/aromatic N) is 3. The van der Waals surface area contributed by atoms with Crippen LogP contribution in [0.15, 0.2) is 24.5 Å². The summed E-state index contributed by atoms with van der Waals surface area (Å²) in [5.74, 6) is -0.292. The van der Waals surface area contributed by atoms with Gasteiger partial charge in [-0.05, 0) is 38.5 Å². The number of likely N-dealkylation sites (N-methyl/N-ethyl adjacent to an activating group) is 1. The lowest BCUT2D eigenvalue weighted by atomic mass is 10.2. The summed E-state index contributed by atoms with van der Waals surface area (Å²) in [5.41, 5.74) is 1.19. The number of fused-ring (bicyclic) bond motifs is 1. The average Bonchev–Trinajstić information content (AvgIpc) is 3.06. The normalized spacial score (nSPS) is 11.8. The molecule has 164 valence electrons. The molecule has 0 aliphatic rings. The largest absolute Gasteiger partial charge is 0.479 e. The average molecular weight is 446 g/mol. The Hall–Kier alpha value is -3.27. The Morgan fingerprint density at radius 1 is 1.29 bits per heavy atom. The molecule has 0 saturated carbocycles. The third kappa shape index (κ3) is 4.74. The van der Waals surface area contributed by atoms with Gasteiger partial charge >= 0.3 is 0 Å². The number of hydrogen-bond donors (Lipinski definition) is 2. The zero-order valence-corrected chi connectivity index (χ0v) is 18.8.